The number of nitrogens with two attached hydrogens (primary N) is 1. The molecule has 2 aliphatic rings. The standard InChI is InChI=1S/C26H31N3O4/c1-3-32-25(31)26(13-22(26)24(27)30)12-20-9-10-23(18(2)11-20)33-16-21-14-28-17-29(21)15-19-7-5-4-6-8-19/h4-11,14,17-18,22-23H,3,12-13,15-16H2,1-2H3,(H2,27,30)/t18?,22-,23?,26+/m1/s1. The van der Waals surface area contributed by atoms with Gasteiger partial charge >= 0.3 is 5.97 Å². The minimum absolute atomic E-state index is 0.0847. The highest BCUT2D eigenvalue weighted by Crippen LogP contribution is 2.57. The van der Waals surface area contributed by atoms with Gasteiger partial charge in [0.05, 0.1) is 48.9 Å². The third-order valence-electron chi connectivity index (χ3n) is 6.53. The zero-order chi connectivity index (χ0) is 23.4. The Kier molecular flexibility index (Phi) is 6.79. The molecule has 4 rings (SSSR count). The SMILES string of the molecule is CCOC(=O)[C@@]1(CC2=CC(C)C(OCc3cncn3Cc3ccccc3)C=C2)C[C@@H]1C(N)=O. The second kappa shape index (κ2) is 9.75. The molecule has 2 N–H and O–H groups in total. The molecule has 1 heterocycles. The Morgan fingerprint density at radius 1 is 1.27 bits per heavy atom. The third-order valence-corrected chi connectivity index (χ3v) is 6.53. The summed E-state index contributed by atoms with van der Waals surface area (Å²) < 4.78 is 13.5. The van der Waals surface area contributed by atoms with E-state index in [1.165, 1.54) is 5.56 Å². The second-order valence-electron chi connectivity index (χ2n) is 8.95. The van der Waals surface area contributed by atoms with Gasteiger partial charge in [0.2, 0.25) is 5.91 Å². The summed E-state index contributed by atoms with van der Waals surface area (Å²) in [5, 5.41) is 0. The number of rotatable bonds is 10. The highest BCUT2D eigenvalue weighted by molar-refractivity contribution is 5.93. The predicted octanol–water partition coefficient (Wildman–Crippen LogP) is 3.39. The number of carbonyl (C=O) groups is 2. The number of hydrogen-bond donors (Lipinski definition) is 1. The Hall–Kier alpha value is -3.19. The van der Waals surface area contributed by atoms with Gasteiger partial charge in [-0.05, 0) is 25.3 Å². The molecule has 1 aromatic carbocycles. The van der Waals surface area contributed by atoms with Crippen molar-refractivity contribution in [3.63, 3.8) is 0 Å². The van der Waals surface area contributed by atoms with Crippen LogP contribution >= 0.6 is 0 Å². The second-order valence-corrected chi connectivity index (χ2v) is 8.95. The van der Waals surface area contributed by atoms with Crippen molar-refractivity contribution in [2.75, 3.05) is 6.61 Å². The van der Waals surface area contributed by atoms with Crippen molar-refractivity contribution in [2.45, 2.75) is 45.9 Å². The number of esters is 1. The number of imidazole rings is 1. The summed E-state index contributed by atoms with van der Waals surface area (Å²) in [5.74, 6) is -1.11. The molecule has 1 aromatic heterocycles. The fourth-order valence-corrected chi connectivity index (χ4v) is 4.59. The Morgan fingerprint density at radius 2 is 2.06 bits per heavy atom. The highest BCUT2D eigenvalue weighted by Gasteiger charge is 2.64. The van der Waals surface area contributed by atoms with Crippen LogP contribution in [0.5, 0.6) is 0 Å². The first-order valence-electron chi connectivity index (χ1n) is 11.4. The molecule has 2 aromatic rings. The van der Waals surface area contributed by atoms with Gasteiger partial charge < -0.3 is 19.8 Å². The van der Waals surface area contributed by atoms with Gasteiger partial charge in [-0.25, -0.2) is 4.98 Å². The predicted molar refractivity (Wildman–Crippen MR) is 124 cm³/mol. The van der Waals surface area contributed by atoms with Crippen molar-refractivity contribution < 1.29 is 19.1 Å². The van der Waals surface area contributed by atoms with Crippen LogP contribution in [0.4, 0.5) is 0 Å². The van der Waals surface area contributed by atoms with E-state index in [1.54, 1.807) is 6.92 Å². The first kappa shape index (κ1) is 23.0. The van der Waals surface area contributed by atoms with Gasteiger partial charge in [-0.2, -0.15) is 0 Å². The fraction of sp³-hybridized carbons (Fsp3) is 0.423. The molecule has 7 nitrogen and oxygen atoms in total. The van der Waals surface area contributed by atoms with Crippen LogP contribution in [0.3, 0.4) is 0 Å². The van der Waals surface area contributed by atoms with Crippen LogP contribution in [-0.2, 0) is 32.2 Å². The molecule has 2 unspecified atom stereocenters. The molecule has 0 radical (unpaired) electrons. The normalized spacial score (nSPS) is 26.0. The van der Waals surface area contributed by atoms with E-state index >= 15 is 0 Å². The third kappa shape index (κ3) is 5.09. The Morgan fingerprint density at radius 3 is 2.73 bits per heavy atom. The summed E-state index contributed by atoms with van der Waals surface area (Å²) in [6, 6.07) is 10.2. The molecular formula is C26H31N3O4. The summed E-state index contributed by atoms with van der Waals surface area (Å²) >= 11 is 0. The number of hydrogen-bond acceptors (Lipinski definition) is 5. The van der Waals surface area contributed by atoms with Crippen LogP contribution in [0, 0.1) is 17.3 Å². The number of benzene rings is 1. The average Bonchev–Trinajstić information content (AvgIpc) is 3.38. The first-order chi connectivity index (χ1) is 15.9. The van der Waals surface area contributed by atoms with E-state index in [0.717, 1.165) is 17.8 Å². The topological polar surface area (TPSA) is 96.4 Å². The van der Waals surface area contributed by atoms with Gasteiger partial charge in [0, 0.05) is 12.5 Å². The number of ether oxygens (including phenoxy) is 2. The molecule has 174 valence electrons. The van der Waals surface area contributed by atoms with Crippen molar-refractivity contribution in [1.82, 2.24) is 9.55 Å². The summed E-state index contributed by atoms with van der Waals surface area (Å²) in [6.45, 7) is 5.34. The molecular weight excluding hydrogens is 418 g/mol. The molecule has 1 amide bonds. The van der Waals surface area contributed by atoms with Crippen molar-refractivity contribution in [1.29, 1.82) is 0 Å². The lowest BCUT2D eigenvalue weighted by Gasteiger charge is -2.25. The van der Waals surface area contributed by atoms with Crippen LogP contribution < -0.4 is 5.73 Å². The number of primary amides is 1. The van der Waals surface area contributed by atoms with Crippen LogP contribution in [0.1, 0.15) is 37.9 Å². The number of allylic oxidation sites excluding steroid dienone is 2. The molecule has 0 spiro atoms. The van der Waals surface area contributed by atoms with Crippen molar-refractivity contribution in [2.24, 2.45) is 23.0 Å². The molecule has 1 fully saturated rings. The van der Waals surface area contributed by atoms with E-state index in [2.05, 4.69) is 34.7 Å². The largest absolute Gasteiger partial charge is 0.466 e. The smallest absolute Gasteiger partial charge is 0.313 e. The molecule has 0 bridgehead atoms. The lowest BCUT2D eigenvalue weighted by Crippen LogP contribution is -2.28. The summed E-state index contributed by atoms with van der Waals surface area (Å²) in [5.41, 5.74) is 7.90. The molecule has 0 aliphatic heterocycles. The zero-order valence-electron chi connectivity index (χ0n) is 19.1. The van der Waals surface area contributed by atoms with Gasteiger partial charge in [-0.3, -0.25) is 9.59 Å². The van der Waals surface area contributed by atoms with Gasteiger partial charge in [-0.15, -0.1) is 0 Å². The summed E-state index contributed by atoms with van der Waals surface area (Å²) in [7, 11) is 0. The van der Waals surface area contributed by atoms with E-state index in [0.29, 0.717) is 19.4 Å². The Balaban J connectivity index is 1.36. The number of amides is 1. The minimum atomic E-state index is -0.824. The average molecular weight is 450 g/mol. The molecule has 33 heavy (non-hydrogen) atoms. The Labute approximate surface area is 194 Å². The maximum Gasteiger partial charge on any atom is 0.313 e. The van der Waals surface area contributed by atoms with Crippen LogP contribution in [0.15, 0.2) is 66.7 Å². The maximum atomic E-state index is 12.5. The molecule has 0 saturated heterocycles. The maximum absolute atomic E-state index is 12.5. The number of nitrogens with zero attached hydrogens (tertiary/aromatic N) is 2. The number of carbonyl (C=O) groups excluding carboxylic acids is 2. The molecule has 4 atom stereocenters. The van der Waals surface area contributed by atoms with E-state index in [1.807, 2.05) is 42.9 Å². The van der Waals surface area contributed by atoms with Crippen LogP contribution in [0.25, 0.3) is 0 Å². The van der Waals surface area contributed by atoms with Gasteiger partial charge in [0.1, 0.15) is 0 Å². The molecule has 1 saturated carbocycles. The van der Waals surface area contributed by atoms with Crippen molar-refractivity contribution >= 4 is 11.9 Å². The molecule has 2 aliphatic carbocycles. The van der Waals surface area contributed by atoms with E-state index in [9.17, 15) is 9.59 Å². The Bertz CT molecular complexity index is 1060. The minimum Gasteiger partial charge on any atom is -0.466 e. The molecule has 7 heteroatoms. The lowest BCUT2D eigenvalue weighted by atomic mass is 9.87. The van der Waals surface area contributed by atoms with E-state index < -0.39 is 17.2 Å². The summed E-state index contributed by atoms with van der Waals surface area (Å²) in [4.78, 5) is 28.6. The van der Waals surface area contributed by atoms with Crippen molar-refractivity contribution in [3.8, 4) is 0 Å². The number of aromatic nitrogens is 2. The van der Waals surface area contributed by atoms with Crippen LogP contribution in [0.2, 0.25) is 0 Å². The van der Waals surface area contributed by atoms with Crippen LogP contribution in [-0.4, -0.2) is 34.1 Å². The van der Waals surface area contributed by atoms with Crippen molar-refractivity contribution in [3.05, 3.63) is 77.9 Å². The summed E-state index contributed by atoms with van der Waals surface area (Å²) in [6.07, 6.45) is 10.6. The zero-order valence-corrected chi connectivity index (χ0v) is 19.1. The highest BCUT2D eigenvalue weighted by atomic mass is 16.5. The van der Waals surface area contributed by atoms with Gasteiger partial charge in [0.25, 0.3) is 0 Å². The van der Waals surface area contributed by atoms with E-state index in [-0.39, 0.29) is 24.6 Å². The van der Waals surface area contributed by atoms with Gasteiger partial charge in [-0.1, -0.05) is 61.1 Å². The monoisotopic (exact) mass is 449 g/mol. The van der Waals surface area contributed by atoms with E-state index in [4.69, 9.17) is 15.2 Å². The quantitative estimate of drug-likeness (QED) is 0.561. The fourth-order valence-electron chi connectivity index (χ4n) is 4.59. The first-order valence-corrected chi connectivity index (χ1v) is 11.4. The lowest BCUT2D eigenvalue weighted by molar-refractivity contribution is -0.151. The van der Waals surface area contributed by atoms with Gasteiger partial charge in [0.15, 0.2) is 0 Å².